The first-order valence-electron chi connectivity index (χ1n) is 13.0. The number of rotatable bonds is 13. The van der Waals surface area contributed by atoms with Crippen molar-refractivity contribution in [2.75, 3.05) is 0 Å². The zero-order valence-electron chi connectivity index (χ0n) is 22.3. The highest BCUT2D eigenvalue weighted by Crippen LogP contribution is 2.40. The molecule has 3 atom stereocenters. The minimum absolute atomic E-state index is 0.000599. The van der Waals surface area contributed by atoms with Crippen LogP contribution in [-0.4, -0.2) is 44.1 Å². The molecule has 0 radical (unpaired) electrons. The summed E-state index contributed by atoms with van der Waals surface area (Å²) in [6, 6.07) is 23.3. The maximum absolute atomic E-state index is 14.4. The van der Waals surface area contributed by atoms with Gasteiger partial charge in [0.2, 0.25) is 22.0 Å². The number of primary amides is 1. The highest BCUT2D eigenvalue weighted by atomic mass is 32.2. The van der Waals surface area contributed by atoms with Crippen molar-refractivity contribution in [2.45, 2.75) is 37.2 Å². The van der Waals surface area contributed by atoms with Crippen LogP contribution in [0.4, 0.5) is 0 Å². The maximum Gasteiger partial charge on any atom is 0.264 e. The third-order valence-electron chi connectivity index (χ3n) is 7.02. The first-order chi connectivity index (χ1) is 19.6. The van der Waals surface area contributed by atoms with Crippen molar-refractivity contribution in [2.24, 2.45) is 17.1 Å². The molecule has 0 spiro atoms. The molecule has 9 nitrogen and oxygen atoms in total. The Hall–Kier alpha value is -4.09. The van der Waals surface area contributed by atoms with Gasteiger partial charge in [0.05, 0.1) is 16.4 Å². The molecular weight excluding hydrogens is 564 g/mol. The fraction of sp³-hybridized carbons (Fsp3) is 0.267. The number of carbonyl (C=O) groups is 2. The molecule has 3 aromatic carbocycles. The average Bonchev–Trinajstić information content (AvgIpc) is 3.37. The number of ketones is 1. The second-order valence-electron chi connectivity index (χ2n) is 9.90. The Morgan fingerprint density at radius 1 is 0.951 bits per heavy atom. The number of hydrogen-bond acceptors (Lipinski definition) is 8. The summed E-state index contributed by atoms with van der Waals surface area (Å²) in [7, 11) is -7.46. The second-order valence-corrected chi connectivity index (χ2v) is 12.8. The van der Waals surface area contributed by atoms with Gasteiger partial charge in [-0.3, -0.25) is 9.59 Å². The Kier molecular flexibility index (Phi) is 9.19. The van der Waals surface area contributed by atoms with Crippen LogP contribution in [-0.2, 0) is 37.1 Å². The molecule has 0 saturated carbocycles. The van der Waals surface area contributed by atoms with Crippen LogP contribution in [0.1, 0.15) is 41.6 Å². The Balaban J connectivity index is 1.99. The number of carbonyl (C=O) groups excluding carboxylic acids is 2. The van der Waals surface area contributed by atoms with Crippen molar-refractivity contribution in [3.05, 3.63) is 102 Å². The number of para-hydroxylation sites is 2. The highest BCUT2D eigenvalue weighted by molar-refractivity contribution is 7.91. The Labute approximate surface area is 239 Å². The summed E-state index contributed by atoms with van der Waals surface area (Å²) in [5.74, 6) is -4.22. The van der Waals surface area contributed by atoms with Crippen molar-refractivity contribution in [3.8, 4) is 0 Å². The van der Waals surface area contributed by atoms with Gasteiger partial charge in [-0.05, 0) is 36.1 Å². The lowest BCUT2D eigenvalue weighted by Gasteiger charge is -2.38. The van der Waals surface area contributed by atoms with Crippen molar-refractivity contribution in [1.82, 2.24) is 4.98 Å². The van der Waals surface area contributed by atoms with Gasteiger partial charge in [-0.25, -0.2) is 13.4 Å². The van der Waals surface area contributed by atoms with Gasteiger partial charge in [0, 0.05) is 5.92 Å². The number of Topliss-reactive ketones (excluding diaryl/α,β-unsaturated/α-hetero) is 1. The van der Waals surface area contributed by atoms with Gasteiger partial charge in [-0.1, -0.05) is 86.1 Å². The first kappa shape index (κ1) is 29.9. The van der Waals surface area contributed by atoms with Crippen LogP contribution in [0.25, 0.3) is 11.1 Å². The normalized spacial score (nSPS) is 14.6. The summed E-state index contributed by atoms with van der Waals surface area (Å²) < 4.78 is 59.1. The summed E-state index contributed by atoms with van der Waals surface area (Å²) in [5.41, 5.74) is 5.23. The number of nitrogens with zero attached hydrogens (tertiary/aromatic N) is 1. The molecule has 11 heteroatoms. The molecule has 4 rings (SSSR count). The lowest BCUT2D eigenvalue weighted by molar-refractivity contribution is -0.124. The van der Waals surface area contributed by atoms with E-state index in [1.807, 2.05) is 0 Å². The minimum atomic E-state index is -4.44. The lowest BCUT2D eigenvalue weighted by atomic mass is 9.72. The van der Waals surface area contributed by atoms with Crippen LogP contribution in [0.15, 0.2) is 89.3 Å². The quantitative estimate of drug-likeness (QED) is 0.181. The Bertz CT molecular complexity index is 1740. The van der Waals surface area contributed by atoms with Gasteiger partial charge < -0.3 is 10.2 Å². The van der Waals surface area contributed by atoms with Crippen LogP contribution in [0.5, 0.6) is 0 Å². The van der Waals surface area contributed by atoms with E-state index >= 15 is 0 Å². The zero-order chi connectivity index (χ0) is 29.6. The SMILES string of the molecule is CCC[C@@H](C(=O)c1nc2ccccc2o1)C(C(C=S(=O)=O)(Cc1ccccc1)C(N)=O)S(=O)(=O)Cc1ccccc1. The highest BCUT2D eigenvalue weighted by Gasteiger charge is 2.55. The molecule has 214 valence electrons. The van der Waals surface area contributed by atoms with Crippen LogP contribution >= 0.6 is 0 Å². The fourth-order valence-corrected chi connectivity index (χ4v) is 8.57. The molecule has 1 amide bonds. The maximum atomic E-state index is 14.4. The number of aromatic nitrogens is 1. The monoisotopic (exact) mass is 594 g/mol. The topological polar surface area (TPSA) is 154 Å². The predicted molar refractivity (Wildman–Crippen MR) is 156 cm³/mol. The van der Waals surface area contributed by atoms with Gasteiger partial charge in [0.15, 0.2) is 15.4 Å². The van der Waals surface area contributed by atoms with Gasteiger partial charge in [-0.2, -0.15) is 8.42 Å². The van der Waals surface area contributed by atoms with Crippen molar-refractivity contribution in [3.63, 3.8) is 0 Å². The fourth-order valence-electron chi connectivity index (χ4n) is 5.29. The first-order valence-corrected chi connectivity index (χ1v) is 15.9. The van der Waals surface area contributed by atoms with Crippen molar-refractivity contribution in [1.29, 1.82) is 0 Å². The van der Waals surface area contributed by atoms with Gasteiger partial charge in [0.1, 0.15) is 10.9 Å². The van der Waals surface area contributed by atoms with E-state index in [0.29, 0.717) is 34.0 Å². The third-order valence-corrected chi connectivity index (χ3v) is 9.89. The molecule has 2 N–H and O–H groups in total. The summed E-state index contributed by atoms with van der Waals surface area (Å²) in [6.45, 7) is 1.76. The smallest absolute Gasteiger partial charge is 0.264 e. The molecule has 0 fully saturated rings. The number of sulfone groups is 1. The van der Waals surface area contributed by atoms with Crippen molar-refractivity contribution >= 4 is 48.3 Å². The Morgan fingerprint density at radius 3 is 2.10 bits per heavy atom. The van der Waals surface area contributed by atoms with E-state index in [2.05, 4.69) is 4.98 Å². The molecular formula is C30H30N2O7S2. The molecule has 0 saturated heterocycles. The van der Waals surface area contributed by atoms with E-state index < -0.39 is 54.2 Å². The molecule has 0 aliphatic rings. The molecule has 1 heterocycles. The van der Waals surface area contributed by atoms with Gasteiger partial charge >= 0.3 is 0 Å². The van der Waals surface area contributed by atoms with E-state index in [1.165, 1.54) is 0 Å². The summed E-state index contributed by atoms with van der Waals surface area (Å²) in [5, 5.41) is -1.22. The number of benzene rings is 3. The standard InChI is InChI=1S/C30H30N2O7S2/c1-2-11-23(26(33)28-32-24-16-9-10-17-25(24)39-28)27(41(37,38)19-22-14-7-4-8-15-22)30(29(31)34,20-40(35)36)18-21-12-5-3-6-13-21/h3-10,12-17,20,23,27H,2,11,18-19H2,1H3,(H2,31,34)/t23-,27?,30?/m0/s1. The largest absolute Gasteiger partial charge is 0.434 e. The summed E-state index contributed by atoms with van der Waals surface area (Å²) in [6.07, 6.45) is -0.0229. The molecule has 2 unspecified atom stereocenters. The Morgan fingerprint density at radius 2 is 1.54 bits per heavy atom. The van der Waals surface area contributed by atoms with Crippen LogP contribution in [0, 0.1) is 11.3 Å². The van der Waals surface area contributed by atoms with E-state index in [0.717, 1.165) is 0 Å². The number of hydrogen-bond donors (Lipinski definition) is 1. The van der Waals surface area contributed by atoms with E-state index in [-0.39, 0.29) is 18.7 Å². The second kappa shape index (κ2) is 12.6. The molecule has 1 aromatic heterocycles. The number of oxazole rings is 1. The number of fused-ring (bicyclic) bond motifs is 1. The van der Waals surface area contributed by atoms with Gasteiger partial charge in [0.25, 0.3) is 5.89 Å². The third kappa shape index (κ3) is 6.63. The van der Waals surface area contributed by atoms with E-state index in [4.69, 9.17) is 10.2 Å². The number of nitrogens with two attached hydrogens (primary N) is 1. The predicted octanol–water partition coefficient (Wildman–Crippen LogP) is 3.81. The molecule has 0 bridgehead atoms. The number of amides is 1. The van der Waals surface area contributed by atoms with Crippen molar-refractivity contribution < 1.29 is 30.8 Å². The van der Waals surface area contributed by atoms with Gasteiger partial charge in [-0.15, -0.1) is 0 Å². The van der Waals surface area contributed by atoms with Crippen LogP contribution in [0.3, 0.4) is 0 Å². The summed E-state index contributed by atoms with van der Waals surface area (Å²) in [4.78, 5) is 31.8. The van der Waals surface area contributed by atoms with E-state index in [9.17, 15) is 26.4 Å². The summed E-state index contributed by atoms with van der Waals surface area (Å²) >= 11 is 0. The molecule has 4 aromatic rings. The molecule has 0 aliphatic carbocycles. The average molecular weight is 595 g/mol. The van der Waals surface area contributed by atoms with E-state index in [1.54, 1.807) is 91.9 Å². The minimum Gasteiger partial charge on any atom is -0.434 e. The molecule has 41 heavy (non-hydrogen) atoms. The molecule has 0 aliphatic heterocycles. The van der Waals surface area contributed by atoms with Crippen LogP contribution in [0.2, 0.25) is 0 Å². The zero-order valence-corrected chi connectivity index (χ0v) is 24.0. The van der Waals surface area contributed by atoms with Crippen LogP contribution < -0.4 is 5.73 Å². The lowest BCUT2D eigenvalue weighted by Crippen LogP contribution is -2.57.